The lowest BCUT2D eigenvalue weighted by molar-refractivity contribution is 0.0578. The Bertz CT molecular complexity index is 200. The van der Waals surface area contributed by atoms with Gasteiger partial charge in [0.25, 0.3) is 0 Å². The third-order valence-electron chi connectivity index (χ3n) is 3.51. The summed E-state index contributed by atoms with van der Waals surface area (Å²) in [6, 6.07) is 0.650. The highest BCUT2D eigenvalue weighted by molar-refractivity contribution is 4.91. The topological polar surface area (TPSA) is 33.3 Å². The molecule has 2 heterocycles. The third kappa shape index (κ3) is 3.44. The minimum atomic E-state index is 0.258. The van der Waals surface area contributed by atoms with Crippen LogP contribution >= 0.6 is 0 Å². The first kappa shape index (κ1) is 11.4. The number of rotatable bonds is 2. The van der Waals surface area contributed by atoms with E-state index in [2.05, 4.69) is 24.5 Å². The Morgan fingerprint density at radius 1 is 1.27 bits per heavy atom. The van der Waals surface area contributed by atoms with Crippen molar-refractivity contribution in [1.29, 1.82) is 0 Å². The van der Waals surface area contributed by atoms with Gasteiger partial charge in [0.15, 0.2) is 0 Å². The SMILES string of the molecule is CC1(C)CNCC(CC2CCOCC2)N1. The molecule has 0 aliphatic carbocycles. The van der Waals surface area contributed by atoms with Crippen molar-refractivity contribution in [2.75, 3.05) is 26.3 Å². The number of hydrogen-bond donors (Lipinski definition) is 2. The highest BCUT2D eigenvalue weighted by Crippen LogP contribution is 2.21. The Kier molecular flexibility index (Phi) is 3.65. The number of nitrogens with one attached hydrogen (secondary N) is 2. The zero-order valence-electron chi connectivity index (χ0n) is 10.0. The van der Waals surface area contributed by atoms with Gasteiger partial charge >= 0.3 is 0 Å². The van der Waals surface area contributed by atoms with Crippen molar-refractivity contribution in [2.45, 2.75) is 44.7 Å². The summed E-state index contributed by atoms with van der Waals surface area (Å²) in [7, 11) is 0. The molecule has 0 amide bonds. The van der Waals surface area contributed by atoms with Gasteiger partial charge < -0.3 is 15.4 Å². The average Bonchev–Trinajstić information content (AvgIpc) is 2.17. The van der Waals surface area contributed by atoms with Crippen LogP contribution in [-0.4, -0.2) is 37.9 Å². The summed E-state index contributed by atoms with van der Waals surface area (Å²) >= 11 is 0. The molecule has 2 saturated heterocycles. The van der Waals surface area contributed by atoms with Gasteiger partial charge in [-0.1, -0.05) is 0 Å². The molecule has 2 aliphatic rings. The largest absolute Gasteiger partial charge is 0.381 e. The molecule has 0 aromatic rings. The Morgan fingerprint density at radius 3 is 2.67 bits per heavy atom. The minimum absolute atomic E-state index is 0.258. The highest BCUT2D eigenvalue weighted by atomic mass is 16.5. The van der Waals surface area contributed by atoms with Crippen LogP contribution in [0.4, 0.5) is 0 Å². The Morgan fingerprint density at radius 2 is 2.00 bits per heavy atom. The molecule has 0 spiro atoms. The molecule has 0 aromatic heterocycles. The molecule has 2 fully saturated rings. The second-order valence-electron chi connectivity index (χ2n) is 5.65. The maximum absolute atomic E-state index is 5.39. The first-order valence-electron chi connectivity index (χ1n) is 6.22. The Labute approximate surface area is 93.0 Å². The smallest absolute Gasteiger partial charge is 0.0468 e. The summed E-state index contributed by atoms with van der Waals surface area (Å²) < 4.78 is 5.39. The van der Waals surface area contributed by atoms with Gasteiger partial charge in [0.05, 0.1) is 0 Å². The molecule has 2 rings (SSSR count). The predicted molar refractivity (Wildman–Crippen MR) is 62.0 cm³/mol. The fourth-order valence-electron chi connectivity index (χ4n) is 2.74. The molecule has 88 valence electrons. The minimum Gasteiger partial charge on any atom is -0.381 e. The number of hydrogen-bond acceptors (Lipinski definition) is 3. The first-order chi connectivity index (χ1) is 7.16. The van der Waals surface area contributed by atoms with E-state index in [1.807, 2.05) is 0 Å². The zero-order chi connectivity index (χ0) is 10.7. The van der Waals surface area contributed by atoms with Gasteiger partial charge in [-0.2, -0.15) is 0 Å². The first-order valence-corrected chi connectivity index (χ1v) is 6.22. The molecular formula is C12H24N2O. The van der Waals surface area contributed by atoms with Crippen molar-refractivity contribution in [2.24, 2.45) is 5.92 Å². The molecule has 15 heavy (non-hydrogen) atoms. The fourth-order valence-corrected chi connectivity index (χ4v) is 2.74. The summed E-state index contributed by atoms with van der Waals surface area (Å²) in [4.78, 5) is 0. The molecule has 2 N–H and O–H groups in total. The van der Waals surface area contributed by atoms with Gasteiger partial charge in [0.2, 0.25) is 0 Å². The summed E-state index contributed by atoms with van der Waals surface area (Å²) in [5, 5.41) is 7.26. The average molecular weight is 212 g/mol. The van der Waals surface area contributed by atoms with E-state index in [1.165, 1.54) is 19.3 Å². The highest BCUT2D eigenvalue weighted by Gasteiger charge is 2.28. The van der Waals surface area contributed by atoms with Crippen LogP contribution in [0.15, 0.2) is 0 Å². The van der Waals surface area contributed by atoms with Crippen molar-refractivity contribution in [3.8, 4) is 0 Å². The molecule has 1 unspecified atom stereocenters. The maximum atomic E-state index is 5.39. The summed E-state index contributed by atoms with van der Waals surface area (Å²) in [6.45, 7) is 8.69. The standard InChI is InChI=1S/C12H24N2O/c1-12(2)9-13-8-11(14-12)7-10-3-5-15-6-4-10/h10-11,13-14H,3-9H2,1-2H3. The number of piperazine rings is 1. The fraction of sp³-hybridized carbons (Fsp3) is 1.00. The molecule has 1 atom stereocenters. The lowest BCUT2D eigenvalue weighted by atomic mass is 9.89. The van der Waals surface area contributed by atoms with Crippen LogP contribution < -0.4 is 10.6 Å². The van der Waals surface area contributed by atoms with Crippen molar-refractivity contribution >= 4 is 0 Å². The maximum Gasteiger partial charge on any atom is 0.0468 e. The molecule has 2 aliphatic heterocycles. The lowest BCUT2D eigenvalue weighted by Crippen LogP contribution is -2.61. The van der Waals surface area contributed by atoms with Crippen LogP contribution in [0.2, 0.25) is 0 Å². The quantitative estimate of drug-likeness (QED) is 0.720. The van der Waals surface area contributed by atoms with E-state index in [0.717, 1.165) is 32.2 Å². The van der Waals surface area contributed by atoms with Gasteiger partial charge in [-0.3, -0.25) is 0 Å². The van der Waals surface area contributed by atoms with Gasteiger partial charge in [0.1, 0.15) is 0 Å². The van der Waals surface area contributed by atoms with Crippen LogP contribution in [0, 0.1) is 5.92 Å². The van der Waals surface area contributed by atoms with Crippen LogP contribution in [-0.2, 0) is 4.74 Å². The van der Waals surface area contributed by atoms with E-state index in [1.54, 1.807) is 0 Å². The van der Waals surface area contributed by atoms with E-state index in [0.29, 0.717) is 6.04 Å². The van der Waals surface area contributed by atoms with E-state index < -0.39 is 0 Å². The molecule has 0 radical (unpaired) electrons. The van der Waals surface area contributed by atoms with E-state index >= 15 is 0 Å². The molecule has 3 heteroatoms. The normalized spacial score (nSPS) is 32.8. The zero-order valence-corrected chi connectivity index (χ0v) is 10.0. The van der Waals surface area contributed by atoms with Gasteiger partial charge in [-0.15, -0.1) is 0 Å². The van der Waals surface area contributed by atoms with Crippen molar-refractivity contribution in [3.63, 3.8) is 0 Å². The van der Waals surface area contributed by atoms with Crippen LogP contribution in [0.1, 0.15) is 33.1 Å². The Balaban J connectivity index is 1.78. The van der Waals surface area contributed by atoms with Crippen molar-refractivity contribution in [3.05, 3.63) is 0 Å². The van der Waals surface area contributed by atoms with Crippen LogP contribution in [0.3, 0.4) is 0 Å². The monoisotopic (exact) mass is 212 g/mol. The predicted octanol–water partition coefficient (Wildman–Crippen LogP) is 1.14. The van der Waals surface area contributed by atoms with Gasteiger partial charge in [-0.05, 0) is 39.0 Å². The second kappa shape index (κ2) is 4.81. The number of ether oxygens (including phenoxy) is 1. The van der Waals surface area contributed by atoms with Crippen molar-refractivity contribution in [1.82, 2.24) is 10.6 Å². The van der Waals surface area contributed by atoms with Crippen LogP contribution in [0.5, 0.6) is 0 Å². The van der Waals surface area contributed by atoms with E-state index in [9.17, 15) is 0 Å². The van der Waals surface area contributed by atoms with Crippen LogP contribution in [0.25, 0.3) is 0 Å². The van der Waals surface area contributed by atoms with E-state index in [4.69, 9.17) is 4.74 Å². The molecule has 3 nitrogen and oxygen atoms in total. The van der Waals surface area contributed by atoms with Gasteiger partial charge in [-0.25, -0.2) is 0 Å². The molecule has 0 bridgehead atoms. The van der Waals surface area contributed by atoms with Gasteiger partial charge in [0, 0.05) is 37.9 Å². The second-order valence-corrected chi connectivity index (χ2v) is 5.65. The summed E-state index contributed by atoms with van der Waals surface area (Å²) in [5.74, 6) is 0.868. The van der Waals surface area contributed by atoms with E-state index in [-0.39, 0.29) is 5.54 Å². The molecule has 0 aromatic carbocycles. The van der Waals surface area contributed by atoms with Crippen molar-refractivity contribution < 1.29 is 4.74 Å². The third-order valence-corrected chi connectivity index (χ3v) is 3.51. The lowest BCUT2D eigenvalue weighted by Gasteiger charge is -2.39. The molecule has 0 saturated carbocycles. The molecular weight excluding hydrogens is 188 g/mol. The summed E-state index contributed by atoms with van der Waals surface area (Å²) in [6.07, 6.45) is 3.80. The summed E-state index contributed by atoms with van der Waals surface area (Å²) in [5.41, 5.74) is 0.258. The Hall–Kier alpha value is -0.120.